The average molecular weight is 245 g/mol. The van der Waals surface area contributed by atoms with Crippen LogP contribution in [0.4, 0.5) is 0 Å². The summed E-state index contributed by atoms with van der Waals surface area (Å²) >= 11 is 0. The van der Waals surface area contributed by atoms with Crippen LogP contribution in [-0.4, -0.2) is 15.0 Å². The molecule has 3 nitrogen and oxygen atoms in total. The van der Waals surface area contributed by atoms with Crippen molar-refractivity contribution in [3.8, 4) is 11.8 Å². The zero-order valence-electron chi connectivity index (χ0n) is 10.5. The van der Waals surface area contributed by atoms with Gasteiger partial charge in [-0.15, -0.1) is 0 Å². The van der Waals surface area contributed by atoms with E-state index >= 15 is 0 Å². The number of aryl methyl sites for hydroxylation is 1. The zero-order valence-corrected chi connectivity index (χ0v) is 10.5. The highest BCUT2D eigenvalue weighted by Gasteiger charge is 1.96. The maximum Gasteiger partial charge on any atom is 0.178 e. The third kappa shape index (κ3) is 2.58. The van der Waals surface area contributed by atoms with Gasteiger partial charge < -0.3 is 0 Å². The first kappa shape index (κ1) is 11.4. The lowest BCUT2D eigenvalue weighted by Crippen LogP contribution is -1.87. The van der Waals surface area contributed by atoms with Crippen LogP contribution in [0.1, 0.15) is 16.7 Å². The molecule has 0 unspecified atom stereocenters. The van der Waals surface area contributed by atoms with Crippen molar-refractivity contribution in [1.82, 2.24) is 15.0 Å². The zero-order chi connectivity index (χ0) is 13.1. The van der Waals surface area contributed by atoms with E-state index in [-0.39, 0.29) is 0 Å². The number of aromatic nitrogens is 3. The van der Waals surface area contributed by atoms with Crippen LogP contribution in [0.3, 0.4) is 0 Å². The highest BCUT2D eigenvalue weighted by Crippen LogP contribution is 2.07. The fourth-order valence-corrected chi connectivity index (χ4v) is 1.71. The maximum atomic E-state index is 4.23. The molecule has 90 valence electrons. The van der Waals surface area contributed by atoms with Crippen molar-refractivity contribution in [2.75, 3.05) is 0 Å². The lowest BCUT2D eigenvalue weighted by Gasteiger charge is -1.95. The summed E-state index contributed by atoms with van der Waals surface area (Å²) in [6, 6.07) is 10.0. The number of hydrogen-bond donors (Lipinski definition) is 0. The molecule has 0 aliphatic rings. The molecule has 1 aromatic carbocycles. The van der Waals surface area contributed by atoms with Crippen molar-refractivity contribution in [2.24, 2.45) is 0 Å². The van der Waals surface area contributed by atoms with Gasteiger partial charge in [-0.05, 0) is 25.1 Å². The number of nitrogens with zero attached hydrogens (tertiary/aromatic N) is 3. The quantitative estimate of drug-likeness (QED) is 0.572. The first-order valence-electron chi connectivity index (χ1n) is 5.97. The molecule has 0 aliphatic heterocycles. The van der Waals surface area contributed by atoms with Gasteiger partial charge in [-0.1, -0.05) is 29.5 Å². The van der Waals surface area contributed by atoms with Gasteiger partial charge in [-0.3, -0.25) is 4.98 Å². The molecule has 0 spiro atoms. The third-order valence-corrected chi connectivity index (χ3v) is 2.73. The number of hydrogen-bond acceptors (Lipinski definition) is 3. The standard InChI is InChI=1S/C16H11N3/c1-12-2-4-13(5-3-12)6-7-14-10-15-16(19-11-14)18-9-8-17-15/h2-5,8-11H,1H3. The van der Waals surface area contributed by atoms with Gasteiger partial charge >= 0.3 is 0 Å². The van der Waals surface area contributed by atoms with E-state index in [1.54, 1.807) is 18.6 Å². The normalized spacial score (nSPS) is 9.95. The van der Waals surface area contributed by atoms with Crippen molar-refractivity contribution < 1.29 is 0 Å². The fraction of sp³-hybridized carbons (Fsp3) is 0.0625. The molecule has 19 heavy (non-hydrogen) atoms. The van der Waals surface area contributed by atoms with Crippen molar-refractivity contribution in [3.05, 3.63) is 65.6 Å². The van der Waals surface area contributed by atoms with Gasteiger partial charge in [0.1, 0.15) is 5.52 Å². The average Bonchev–Trinajstić information content (AvgIpc) is 2.46. The van der Waals surface area contributed by atoms with E-state index in [2.05, 4.69) is 33.7 Å². The molecule has 2 heterocycles. The second-order valence-electron chi connectivity index (χ2n) is 4.24. The molecule has 3 rings (SSSR count). The van der Waals surface area contributed by atoms with E-state index in [1.165, 1.54) is 5.56 Å². The van der Waals surface area contributed by atoms with Crippen LogP contribution in [0.5, 0.6) is 0 Å². The van der Waals surface area contributed by atoms with Crippen molar-refractivity contribution in [1.29, 1.82) is 0 Å². The topological polar surface area (TPSA) is 38.7 Å². The summed E-state index contributed by atoms with van der Waals surface area (Å²) in [7, 11) is 0. The molecule has 0 aliphatic carbocycles. The summed E-state index contributed by atoms with van der Waals surface area (Å²) in [5, 5.41) is 0. The van der Waals surface area contributed by atoms with Gasteiger partial charge in [0.25, 0.3) is 0 Å². The summed E-state index contributed by atoms with van der Waals surface area (Å²) in [5.74, 6) is 6.21. The van der Waals surface area contributed by atoms with Gasteiger partial charge in [-0.25, -0.2) is 9.97 Å². The SMILES string of the molecule is Cc1ccc(C#Cc2cnc3nccnc3c2)cc1. The molecule has 0 saturated heterocycles. The Hall–Kier alpha value is -2.73. The van der Waals surface area contributed by atoms with Crippen LogP contribution in [0.25, 0.3) is 11.2 Å². The van der Waals surface area contributed by atoms with Crippen LogP contribution in [0, 0.1) is 18.8 Å². The summed E-state index contributed by atoms with van der Waals surface area (Å²) in [5.41, 5.74) is 4.47. The van der Waals surface area contributed by atoms with Gasteiger partial charge in [-0.2, -0.15) is 0 Å². The van der Waals surface area contributed by atoms with Gasteiger partial charge in [0.2, 0.25) is 0 Å². The number of rotatable bonds is 0. The molecule has 0 N–H and O–H groups in total. The van der Waals surface area contributed by atoms with Crippen LogP contribution >= 0.6 is 0 Å². The van der Waals surface area contributed by atoms with E-state index in [0.29, 0.717) is 5.65 Å². The number of pyridine rings is 1. The molecule has 0 fully saturated rings. The lowest BCUT2D eigenvalue weighted by atomic mass is 10.1. The minimum atomic E-state index is 0.642. The van der Waals surface area contributed by atoms with Crippen LogP contribution in [-0.2, 0) is 0 Å². The predicted octanol–water partition coefficient (Wildman–Crippen LogP) is 2.73. The molecular formula is C16H11N3. The minimum Gasteiger partial charge on any atom is -0.251 e. The first-order valence-corrected chi connectivity index (χ1v) is 5.97. The first-order chi connectivity index (χ1) is 9.31. The van der Waals surface area contributed by atoms with E-state index in [4.69, 9.17) is 0 Å². The van der Waals surface area contributed by atoms with Crippen molar-refractivity contribution in [3.63, 3.8) is 0 Å². The second kappa shape index (κ2) is 4.87. The molecule has 3 aromatic rings. The third-order valence-electron chi connectivity index (χ3n) is 2.73. The van der Waals surface area contributed by atoms with Crippen molar-refractivity contribution in [2.45, 2.75) is 6.92 Å². The van der Waals surface area contributed by atoms with Crippen LogP contribution in [0.15, 0.2) is 48.9 Å². The summed E-state index contributed by atoms with van der Waals surface area (Å²) in [6.45, 7) is 2.06. The Kier molecular flexibility index (Phi) is 2.91. The molecule has 0 atom stereocenters. The molecule has 0 saturated carbocycles. The number of fused-ring (bicyclic) bond motifs is 1. The second-order valence-corrected chi connectivity index (χ2v) is 4.24. The lowest BCUT2D eigenvalue weighted by molar-refractivity contribution is 1.22. The predicted molar refractivity (Wildman–Crippen MR) is 74.5 cm³/mol. The highest BCUT2D eigenvalue weighted by molar-refractivity contribution is 5.70. The molecule has 0 amide bonds. The van der Waals surface area contributed by atoms with Crippen LogP contribution < -0.4 is 0 Å². The van der Waals surface area contributed by atoms with Gasteiger partial charge in [0.05, 0.1) is 0 Å². The highest BCUT2D eigenvalue weighted by atomic mass is 14.9. The molecule has 2 aromatic heterocycles. The minimum absolute atomic E-state index is 0.642. The monoisotopic (exact) mass is 245 g/mol. The van der Waals surface area contributed by atoms with E-state index in [9.17, 15) is 0 Å². The van der Waals surface area contributed by atoms with Gasteiger partial charge in [0, 0.05) is 29.7 Å². The Bertz CT molecular complexity index is 780. The Morgan fingerprint density at radius 3 is 2.42 bits per heavy atom. The molecular weight excluding hydrogens is 234 g/mol. The molecule has 0 radical (unpaired) electrons. The Morgan fingerprint density at radius 1 is 0.842 bits per heavy atom. The Morgan fingerprint density at radius 2 is 1.58 bits per heavy atom. The smallest absolute Gasteiger partial charge is 0.178 e. The molecule has 0 bridgehead atoms. The number of benzene rings is 1. The van der Waals surface area contributed by atoms with E-state index < -0.39 is 0 Å². The molecule has 3 heteroatoms. The Labute approximate surface area is 111 Å². The summed E-state index contributed by atoms with van der Waals surface area (Å²) in [6.07, 6.45) is 5.01. The largest absolute Gasteiger partial charge is 0.251 e. The summed E-state index contributed by atoms with van der Waals surface area (Å²) < 4.78 is 0. The van der Waals surface area contributed by atoms with E-state index in [1.807, 2.05) is 30.3 Å². The Balaban J connectivity index is 1.95. The van der Waals surface area contributed by atoms with Crippen LogP contribution in [0.2, 0.25) is 0 Å². The maximum absolute atomic E-state index is 4.23. The summed E-state index contributed by atoms with van der Waals surface area (Å²) in [4.78, 5) is 12.6. The van der Waals surface area contributed by atoms with E-state index in [0.717, 1.165) is 16.6 Å². The van der Waals surface area contributed by atoms with Gasteiger partial charge in [0.15, 0.2) is 5.65 Å². The fourth-order valence-electron chi connectivity index (χ4n) is 1.71. The van der Waals surface area contributed by atoms with Crippen molar-refractivity contribution >= 4 is 11.2 Å².